The molecule has 2 nitrogen and oxygen atoms in total. The Balaban J connectivity index is 0.00000169. The molecule has 0 aliphatic carbocycles. The zero-order valence-electron chi connectivity index (χ0n) is 7.17. The summed E-state index contributed by atoms with van der Waals surface area (Å²) in [5.74, 6) is 0. The summed E-state index contributed by atoms with van der Waals surface area (Å²) in [7, 11) is 0. The average Bonchev–Trinajstić information content (AvgIpc) is 2.10. The molecule has 1 rings (SSSR count). The Morgan fingerprint density at radius 2 is 1.93 bits per heavy atom. The van der Waals surface area contributed by atoms with Gasteiger partial charge in [-0.1, -0.05) is 30.2 Å². The molecular weight excluding hydrogens is 266 g/mol. The molecule has 0 fully saturated rings. The van der Waals surface area contributed by atoms with Gasteiger partial charge in [0.05, 0.1) is 0 Å². The van der Waals surface area contributed by atoms with Crippen LogP contribution in [0.1, 0.15) is 0 Å². The van der Waals surface area contributed by atoms with Crippen molar-refractivity contribution in [1.29, 1.82) is 0 Å². The van der Waals surface area contributed by atoms with Gasteiger partial charge in [-0.25, -0.2) is 0 Å². The Kier molecular flexibility index (Phi) is 6.99. The first-order chi connectivity index (χ1) is 6.25. The van der Waals surface area contributed by atoms with Crippen molar-refractivity contribution >= 4 is 35.2 Å². The first-order valence-corrected chi connectivity index (χ1v) is 4.42. The summed E-state index contributed by atoms with van der Waals surface area (Å²) in [6.45, 7) is 3.95. The number of para-hydroxylation sites is 1. The van der Waals surface area contributed by atoms with Crippen LogP contribution in [0, 0.1) is 6.92 Å². The third-order valence-corrected chi connectivity index (χ3v) is 1.96. The van der Waals surface area contributed by atoms with E-state index in [9.17, 15) is 0 Å². The molecule has 0 bridgehead atoms. The van der Waals surface area contributed by atoms with E-state index in [-0.39, 0.29) is 16.5 Å². The fraction of sp³-hybridized carbons (Fsp3) is 0.111. The van der Waals surface area contributed by atoms with Crippen molar-refractivity contribution in [3.8, 4) is 0 Å². The van der Waals surface area contributed by atoms with Gasteiger partial charge in [-0.2, -0.15) is 0 Å². The second kappa shape index (κ2) is 7.11. The normalized spacial score (nSPS) is 9.93. The SMILES string of the molecule is [CH2-]CN=[C-]Nc1c(Cl)cccc1Cl.[Ni+2]. The van der Waals surface area contributed by atoms with Crippen LogP contribution in [0.25, 0.3) is 0 Å². The van der Waals surface area contributed by atoms with Gasteiger partial charge in [-0.3, -0.25) is 0 Å². The molecule has 0 radical (unpaired) electrons. The van der Waals surface area contributed by atoms with Gasteiger partial charge in [0.25, 0.3) is 0 Å². The molecule has 14 heavy (non-hydrogen) atoms. The molecule has 0 amide bonds. The number of nitrogens with zero attached hydrogens (tertiary/aromatic N) is 1. The van der Waals surface area contributed by atoms with E-state index in [1.807, 2.05) is 0 Å². The summed E-state index contributed by atoms with van der Waals surface area (Å²) in [5, 5.41) is 3.84. The Morgan fingerprint density at radius 1 is 1.36 bits per heavy atom. The molecule has 0 saturated carbocycles. The van der Waals surface area contributed by atoms with Crippen molar-refractivity contribution in [2.24, 2.45) is 4.99 Å². The van der Waals surface area contributed by atoms with Gasteiger partial charge in [0.15, 0.2) is 0 Å². The molecule has 1 N–H and O–H groups in total. The van der Waals surface area contributed by atoms with E-state index in [4.69, 9.17) is 23.2 Å². The Hall–Kier alpha value is -0.236. The predicted octanol–water partition coefficient (Wildman–Crippen LogP) is 3.14. The van der Waals surface area contributed by atoms with E-state index in [1.165, 1.54) is 0 Å². The largest absolute Gasteiger partial charge is 2.00 e. The van der Waals surface area contributed by atoms with Gasteiger partial charge >= 0.3 is 16.5 Å². The Morgan fingerprint density at radius 3 is 2.43 bits per heavy atom. The quantitative estimate of drug-likeness (QED) is 0.296. The van der Waals surface area contributed by atoms with E-state index in [0.717, 1.165) is 0 Å². The predicted molar refractivity (Wildman–Crippen MR) is 57.7 cm³/mol. The summed E-state index contributed by atoms with van der Waals surface area (Å²) in [6.07, 6.45) is 2.58. The van der Waals surface area contributed by atoms with E-state index in [0.29, 0.717) is 22.3 Å². The Labute approximate surface area is 104 Å². The molecule has 78 valence electrons. The van der Waals surface area contributed by atoms with E-state index < -0.39 is 0 Å². The number of rotatable bonds is 3. The first kappa shape index (κ1) is 13.8. The molecular formula is C9H8Cl2N2Ni. The average molecular weight is 274 g/mol. The van der Waals surface area contributed by atoms with Gasteiger partial charge in [0, 0.05) is 0 Å². The van der Waals surface area contributed by atoms with Crippen LogP contribution in [-0.4, -0.2) is 12.9 Å². The van der Waals surface area contributed by atoms with Crippen LogP contribution in [0.5, 0.6) is 0 Å². The number of halogens is 2. The van der Waals surface area contributed by atoms with Gasteiger partial charge in [0.1, 0.15) is 0 Å². The fourth-order valence-corrected chi connectivity index (χ4v) is 1.26. The molecule has 1 aromatic rings. The van der Waals surface area contributed by atoms with Gasteiger partial charge in [0.2, 0.25) is 0 Å². The molecule has 0 atom stereocenters. The van der Waals surface area contributed by atoms with Gasteiger partial charge in [-0.15, -0.1) is 29.7 Å². The number of nitrogens with one attached hydrogen (secondary N) is 1. The molecule has 0 aliphatic heterocycles. The van der Waals surface area contributed by atoms with Crippen molar-refractivity contribution < 1.29 is 16.5 Å². The zero-order chi connectivity index (χ0) is 9.68. The number of hydrogen-bond donors (Lipinski definition) is 1. The summed E-state index contributed by atoms with van der Waals surface area (Å²) >= 11 is 11.7. The van der Waals surface area contributed by atoms with Crippen LogP contribution in [0.2, 0.25) is 10.0 Å². The smallest absolute Gasteiger partial charge is 0.506 e. The van der Waals surface area contributed by atoms with Crippen LogP contribution in [0.15, 0.2) is 23.2 Å². The van der Waals surface area contributed by atoms with Crippen molar-refractivity contribution in [2.75, 3.05) is 11.9 Å². The topological polar surface area (TPSA) is 24.4 Å². The van der Waals surface area contributed by atoms with Crippen molar-refractivity contribution in [2.45, 2.75) is 0 Å². The van der Waals surface area contributed by atoms with Crippen LogP contribution in [0.4, 0.5) is 5.69 Å². The first-order valence-electron chi connectivity index (χ1n) is 3.66. The maximum absolute atomic E-state index is 5.86. The maximum atomic E-state index is 5.86. The van der Waals surface area contributed by atoms with E-state index in [2.05, 4.69) is 23.6 Å². The minimum Gasteiger partial charge on any atom is -0.506 e. The molecule has 0 saturated heterocycles. The van der Waals surface area contributed by atoms with Crippen molar-refractivity contribution in [1.82, 2.24) is 0 Å². The van der Waals surface area contributed by atoms with Crippen LogP contribution in [-0.2, 0) is 16.5 Å². The molecule has 5 heteroatoms. The van der Waals surface area contributed by atoms with E-state index in [1.54, 1.807) is 18.2 Å². The minimum absolute atomic E-state index is 0. The zero-order valence-corrected chi connectivity index (χ0v) is 9.67. The third-order valence-electron chi connectivity index (χ3n) is 1.33. The molecule has 0 aromatic heterocycles. The van der Waals surface area contributed by atoms with Crippen LogP contribution < -0.4 is 5.32 Å². The molecule has 1 aromatic carbocycles. The summed E-state index contributed by atoms with van der Waals surface area (Å²) in [4.78, 5) is 3.76. The van der Waals surface area contributed by atoms with E-state index >= 15 is 0 Å². The number of hydrogen-bond acceptors (Lipinski definition) is 1. The minimum atomic E-state index is 0. The fourth-order valence-electron chi connectivity index (χ4n) is 0.769. The maximum Gasteiger partial charge on any atom is 2.00 e. The van der Waals surface area contributed by atoms with Gasteiger partial charge < -0.3 is 17.2 Å². The molecule has 0 unspecified atom stereocenters. The summed E-state index contributed by atoms with van der Waals surface area (Å²) < 4.78 is 0. The second-order valence-corrected chi connectivity index (χ2v) is 3.03. The number of aliphatic imine (C=N–C) groups is 1. The van der Waals surface area contributed by atoms with Crippen molar-refractivity contribution in [3.05, 3.63) is 35.2 Å². The molecule has 0 aliphatic rings. The summed E-state index contributed by atoms with van der Waals surface area (Å²) in [6, 6.07) is 5.25. The van der Waals surface area contributed by atoms with Crippen LogP contribution >= 0.6 is 23.2 Å². The molecule has 0 heterocycles. The third kappa shape index (κ3) is 3.87. The standard InChI is InChI=1S/C9H8Cl2N2.Ni/c1-2-12-6-13-9-7(10)4-3-5-8(9)11;/h3-5H,1-2H2,(H,12,13);/q-2;+2. The van der Waals surface area contributed by atoms with Gasteiger partial charge in [-0.05, 0) is 10.0 Å². The van der Waals surface area contributed by atoms with Crippen LogP contribution in [0.3, 0.4) is 0 Å². The monoisotopic (exact) mass is 272 g/mol. The Bertz CT molecular complexity index is 295. The second-order valence-electron chi connectivity index (χ2n) is 2.22. The van der Waals surface area contributed by atoms with Crippen molar-refractivity contribution in [3.63, 3.8) is 0 Å². The number of benzene rings is 1. The molecule has 0 spiro atoms. The number of anilines is 1. The summed E-state index contributed by atoms with van der Waals surface area (Å²) in [5.41, 5.74) is 0.614.